The average molecular weight is 239 g/mol. The SMILES string of the molecule is COC(O)c1c2ccccc2nc2ccccc12. The summed E-state index contributed by atoms with van der Waals surface area (Å²) in [4.78, 5) is 4.59. The van der Waals surface area contributed by atoms with E-state index in [0.29, 0.717) is 0 Å². The molecule has 0 radical (unpaired) electrons. The number of ether oxygens (including phenoxy) is 1. The van der Waals surface area contributed by atoms with Gasteiger partial charge in [0, 0.05) is 23.4 Å². The molecule has 1 unspecified atom stereocenters. The highest BCUT2D eigenvalue weighted by Crippen LogP contribution is 2.30. The highest BCUT2D eigenvalue weighted by molar-refractivity contribution is 5.97. The molecular weight excluding hydrogens is 226 g/mol. The van der Waals surface area contributed by atoms with Crippen LogP contribution in [0.2, 0.25) is 0 Å². The van der Waals surface area contributed by atoms with Gasteiger partial charge in [0.25, 0.3) is 0 Å². The molecule has 3 nitrogen and oxygen atoms in total. The smallest absolute Gasteiger partial charge is 0.182 e. The zero-order valence-electron chi connectivity index (χ0n) is 10.00. The van der Waals surface area contributed by atoms with Gasteiger partial charge in [-0.3, -0.25) is 0 Å². The Morgan fingerprint density at radius 2 is 1.44 bits per heavy atom. The molecule has 0 bridgehead atoms. The Kier molecular flexibility index (Phi) is 2.70. The zero-order chi connectivity index (χ0) is 12.5. The summed E-state index contributed by atoms with van der Waals surface area (Å²) in [5.74, 6) is 0. The molecule has 3 aromatic rings. The minimum absolute atomic E-state index is 0.777. The molecule has 1 N–H and O–H groups in total. The summed E-state index contributed by atoms with van der Waals surface area (Å²) in [6.45, 7) is 0. The van der Waals surface area contributed by atoms with Crippen LogP contribution in [0.5, 0.6) is 0 Å². The number of hydrogen-bond acceptors (Lipinski definition) is 3. The van der Waals surface area contributed by atoms with E-state index in [4.69, 9.17) is 4.74 Å². The third-order valence-electron chi connectivity index (χ3n) is 3.10. The Labute approximate surface area is 105 Å². The fraction of sp³-hybridized carbons (Fsp3) is 0.133. The van der Waals surface area contributed by atoms with E-state index in [9.17, 15) is 5.11 Å². The van der Waals surface area contributed by atoms with Crippen LogP contribution < -0.4 is 0 Å². The highest BCUT2D eigenvalue weighted by Gasteiger charge is 2.15. The first-order valence-corrected chi connectivity index (χ1v) is 5.79. The van der Waals surface area contributed by atoms with Crippen molar-refractivity contribution in [3.05, 3.63) is 54.1 Å². The van der Waals surface area contributed by atoms with Crippen LogP contribution in [0.1, 0.15) is 11.9 Å². The summed E-state index contributed by atoms with van der Waals surface area (Å²) < 4.78 is 5.08. The van der Waals surface area contributed by atoms with Gasteiger partial charge in [-0.05, 0) is 12.1 Å². The summed E-state index contributed by atoms with van der Waals surface area (Å²) in [7, 11) is 1.49. The number of methoxy groups -OCH3 is 1. The van der Waals surface area contributed by atoms with Crippen molar-refractivity contribution in [1.29, 1.82) is 0 Å². The number of aliphatic hydroxyl groups excluding tert-OH is 1. The van der Waals surface area contributed by atoms with Gasteiger partial charge in [0.05, 0.1) is 11.0 Å². The predicted molar refractivity (Wildman–Crippen MR) is 71.2 cm³/mol. The Morgan fingerprint density at radius 3 is 1.94 bits per heavy atom. The van der Waals surface area contributed by atoms with Crippen molar-refractivity contribution >= 4 is 21.8 Å². The maximum Gasteiger partial charge on any atom is 0.182 e. The summed E-state index contributed by atoms with van der Waals surface area (Å²) in [6.07, 6.45) is -0.942. The maximum atomic E-state index is 10.1. The molecule has 90 valence electrons. The van der Waals surface area contributed by atoms with E-state index in [1.807, 2.05) is 48.5 Å². The number of rotatable bonds is 2. The minimum atomic E-state index is -0.942. The van der Waals surface area contributed by atoms with Gasteiger partial charge in [0.15, 0.2) is 6.29 Å². The van der Waals surface area contributed by atoms with Crippen molar-refractivity contribution in [2.45, 2.75) is 6.29 Å². The number of para-hydroxylation sites is 2. The molecule has 0 spiro atoms. The lowest BCUT2D eigenvalue weighted by Crippen LogP contribution is -2.02. The lowest BCUT2D eigenvalue weighted by Gasteiger charge is -2.14. The molecule has 1 heterocycles. The number of aliphatic hydroxyl groups is 1. The second-order valence-electron chi connectivity index (χ2n) is 4.15. The van der Waals surface area contributed by atoms with E-state index in [-0.39, 0.29) is 0 Å². The Balaban J connectivity index is 2.49. The number of hydrogen-bond donors (Lipinski definition) is 1. The first-order valence-electron chi connectivity index (χ1n) is 5.79. The Morgan fingerprint density at radius 1 is 0.944 bits per heavy atom. The molecule has 0 saturated heterocycles. The van der Waals surface area contributed by atoms with Crippen LogP contribution in [0.15, 0.2) is 48.5 Å². The number of fused-ring (bicyclic) bond motifs is 2. The molecule has 0 fully saturated rings. The topological polar surface area (TPSA) is 42.4 Å². The summed E-state index contributed by atoms with van der Waals surface area (Å²) >= 11 is 0. The second-order valence-corrected chi connectivity index (χ2v) is 4.15. The molecule has 0 saturated carbocycles. The quantitative estimate of drug-likeness (QED) is 0.552. The first-order chi connectivity index (χ1) is 8.81. The lowest BCUT2D eigenvalue weighted by molar-refractivity contribution is -0.0748. The molecule has 0 amide bonds. The van der Waals surface area contributed by atoms with Gasteiger partial charge >= 0.3 is 0 Å². The van der Waals surface area contributed by atoms with Gasteiger partial charge in [-0.15, -0.1) is 0 Å². The third-order valence-corrected chi connectivity index (χ3v) is 3.10. The van der Waals surface area contributed by atoms with E-state index >= 15 is 0 Å². The van der Waals surface area contributed by atoms with Gasteiger partial charge < -0.3 is 9.84 Å². The molecule has 2 aromatic carbocycles. The predicted octanol–water partition coefficient (Wildman–Crippen LogP) is 3.03. The maximum absolute atomic E-state index is 10.1. The van der Waals surface area contributed by atoms with E-state index in [0.717, 1.165) is 27.4 Å². The van der Waals surface area contributed by atoms with Crippen LogP contribution in [-0.4, -0.2) is 17.2 Å². The van der Waals surface area contributed by atoms with Crippen LogP contribution in [0, 0.1) is 0 Å². The fourth-order valence-electron chi connectivity index (χ4n) is 2.26. The Hall–Kier alpha value is -1.97. The third kappa shape index (κ3) is 1.65. The van der Waals surface area contributed by atoms with Crippen molar-refractivity contribution in [3.63, 3.8) is 0 Å². The van der Waals surface area contributed by atoms with Crippen molar-refractivity contribution in [3.8, 4) is 0 Å². The largest absolute Gasteiger partial charge is 0.364 e. The van der Waals surface area contributed by atoms with Gasteiger partial charge in [-0.1, -0.05) is 36.4 Å². The Bertz CT molecular complexity index is 655. The lowest BCUT2D eigenvalue weighted by atomic mass is 10.0. The summed E-state index contributed by atoms with van der Waals surface area (Å²) in [5, 5.41) is 11.9. The van der Waals surface area contributed by atoms with Crippen molar-refractivity contribution in [1.82, 2.24) is 4.98 Å². The van der Waals surface area contributed by atoms with Crippen LogP contribution in [-0.2, 0) is 4.74 Å². The zero-order valence-corrected chi connectivity index (χ0v) is 10.00. The average Bonchev–Trinajstić information content (AvgIpc) is 2.44. The van der Waals surface area contributed by atoms with Crippen molar-refractivity contribution in [2.24, 2.45) is 0 Å². The molecule has 0 aliphatic carbocycles. The van der Waals surface area contributed by atoms with Gasteiger partial charge in [-0.2, -0.15) is 0 Å². The molecular formula is C15H13NO2. The second kappa shape index (κ2) is 4.37. The summed E-state index contributed by atoms with van der Waals surface area (Å²) in [6, 6.07) is 15.5. The number of aromatic nitrogens is 1. The normalized spacial score (nSPS) is 13.0. The van der Waals surface area contributed by atoms with E-state index in [1.54, 1.807) is 0 Å². The van der Waals surface area contributed by atoms with Crippen LogP contribution in [0.25, 0.3) is 21.8 Å². The van der Waals surface area contributed by atoms with Crippen molar-refractivity contribution < 1.29 is 9.84 Å². The number of nitrogens with zero attached hydrogens (tertiary/aromatic N) is 1. The first kappa shape index (κ1) is 11.1. The van der Waals surface area contributed by atoms with Gasteiger partial charge in [-0.25, -0.2) is 4.98 Å². The van der Waals surface area contributed by atoms with Crippen molar-refractivity contribution in [2.75, 3.05) is 7.11 Å². The van der Waals surface area contributed by atoms with E-state index in [1.165, 1.54) is 7.11 Å². The number of pyridine rings is 1. The van der Waals surface area contributed by atoms with E-state index < -0.39 is 6.29 Å². The van der Waals surface area contributed by atoms with Gasteiger partial charge in [0.1, 0.15) is 0 Å². The minimum Gasteiger partial charge on any atom is -0.364 e. The molecule has 3 heteroatoms. The number of benzene rings is 2. The van der Waals surface area contributed by atoms with Crippen LogP contribution in [0.4, 0.5) is 0 Å². The molecule has 0 aliphatic heterocycles. The van der Waals surface area contributed by atoms with E-state index in [2.05, 4.69) is 4.98 Å². The highest BCUT2D eigenvalue weighted by atomic mass is 16.6. The standard InChI is InChI=1S/C15H13NO2/c1-18-15(17)14-10-6-2-4-8-12(10)16-13-9-5-3-7-11(13)14/h2-9,15,17H,1H3. The fourth-order valence-corrected chi connectivity index (χ4v) is 2.26. The molecule has 0 aliphatic rings. The molecule has 18 heavy (non-hydrogen) atoms. The molecule has 3 rings (SSSR count). The molecule has 1 atom stereocenters. The molecule has 1 aromatic heterocycles. The summed E-state index contributed by atoms with van der Waals surface area (Å²) in [5.41, 5.74) is 2.50. The monoisotopic (exact) mass is 239 g/mol. The van der Waals surface area contributed by atoms with Gasteiger partial charge in [0.2, 0.25) is 0 Å². The van der Waals surface area contributed by atoms with Crippen LogP contribution >= 0.6 is 0 Å². The van der Waals surface area contributed by atoms with Crippen LogP contribution in [0.3, 0.4) is 0 Å².